The van der Waals surface area contributed by atoms with Crippen molar-refractivity contribution in [2.24, 2.45) is 0 Å². The molecule has 0 atom stereocenters. The normalized spacial score (nSPS) is 12.0. The molecule has 2 aromatic heterocycles. The molecular formula is C29H23F4N3O. The second-order valence-corrected chi connectivity index (χ2v) is 8.78. The van der Waals surface area contributed by atoms with E-state index in [0.717, 1.165) is 17.8 Å². The molecule has 2 heterocycles. The molecule has 0 aliphatic carbocycles. The third-order valence-corrected chi connectivity index (χ3v) is 6.34. The van der Waals surface area contributed by atoms with Gasteiger partial charge in [0.2, 0.25) is 5.78 Å². The van der Waals surface area contributed by atoms with Crippen molar-refractivity contribution in [3.05, 3.63) is 112 Å². The van der Waals surface area contributed by atoms with Gasteiger partial charge in [0, 0.05) is 34.0 Å². The molecule has 0 saturated carbocycles. The smallest absolute Gasteiger partial charge is 0.318 e. The molecule has 37 heavy (non-hydrogen) atoms. The monoisotopic (exact) mass is 505 g/mol. The van der Waals surface area contributed by atoms with Crippen LogP contribution in [0.5, 0.6) is 0 Å². The second-order valence-electron chi connectivity index (χ2n) is 8.78. The highest BCUT2D eigenvalue weighted by molar-refractivity contribution is 6.15. The van der Waals surface area contributed by atoms with E-state index in [1.54, 1.807) is 67.2 Å². The van der Waals surface area contributed by atoms with Gasteiger partial charge in [0.25, 0.3) is 0 Å². The molecule has 188 valence electrons. The summed E-state index contributed by atoms with van der Waals surface area (Å²) in [5.41, 5.74) is 2.81. The first-order valence-corrected chi connectivity index (χ1v) is 11.4. The number of aromatic nitrogens is 2. The molecule has 4 nitrogen and oxygen atoms in total. The van der Waals surface area contributed by atoms with Crippen molar-refractivity contribution in [3.63, 3.8) is 0 Å². The molecule has 0 saturated heterocycles. The van der Waals surface area contributed by atoms with E-state index in [4.69, 9.17) is 0 Å². The van der Waals surface area contributed by atoms with Gasteiger partial charge in [-0.15, -0.1) is 0 Å². The maximum atomic E-state index is 14.4. The zero-order valence-corrected chi connectivity index (χ0v) is 20.6. The average Bonchev–Trinajstić information content (AvgIpc) is 3.30. The number of allylic oxidation sites excluding steroid dienone is 1. The van der Waals surface area contributed by atoms with Crippen molar-refractivity contribution in [2.75, 3.05) is 0 Å². The lowest BCUT2D eigenvalue weighted by atomic mass is 10.0. The fraction of sp³-hybridized carbons (Fsp3) is 0.172. The summed E-state index contributed by atoms with van der Waals surface area (Å²) in [5.74, 6) is -0.956. The Balaban J connectivity index is 1.76. The van der Waals surface area contributed by atoms with Gasteiger partial charge in [0.05, 0.1) is 11.3 Å². The molecule has 4 rings (SSSR count). The molecular weight excluding hydrogens is 482 g/mol. The zero-order chi connectivity index (χ0) is 27.1. The van der Waals surface area contributed by atoms with Crippen LogP contribution in [0.25, 0.3) is 17.5 Å². The van der Waals surface area contributed by atoms with E-state index in [0.29, 0.717) is 28.3 Å². The molecule has 0 aliphatic rings. The number of benzene rings is 2. The van der Waals surface area contributed by atoms with Gasteiger partial charge in [-0.2, -0.15) is 18.4 Å². The molecule has 8 heteroatoms. The lowest BCUT2D eigenvalue weighted by Gasteiger charge is -2.13. The van der Waals surface area contributed by atoms with Crippen molar-refractivity contribution in [1.82, 2.24) is 9.13 Å². The lowest BCUT2D eigenvalue weighted by molar-refractivity contribution is -0.137. The van der Waals surface area contributed by atoms with Crippen molar-refractivity contribution >= 4 is 11.9 Å². The van der Waals surface area contributed by atoms with E-state index in [-0.39, 0.29) is 16.8 Å². The minimum atomic E-state index is -4.50. The molecule has 0 amide bonds. The van der Waals surface area contributed by atoms with Crippen LogP contribution >= 0.6 is 0 Å². The molecule has 0 unspecified atom stereocenters. The topological polar surface area (TPSA) is 50.7 Å². The maximum absolute atomic E-state index is 14.4. The van der Waals surface area contributed by atoms with E-state index in [1.807, 2.05) is 6.07 Å². The van der Waals surface area contributed by atoms with Crippen LogP contribution in [0.4, 0.5) is 17.6 Å². The first kappa shape index (κ1) is 25.7. The third-order valence-electron chi connectivity index (χ3n) is 6.34. The van der Waals surface area contributed by atoms with Crippen molar-refractivity contribution in [2.45, 2.75) is 33.9 Å². The SMILES string of the molecule is Cc1cc(C(=O)/C(C#N)=C/c2cc(C)n(-c3ccccc3F)c2C)c(C)n1-c1cccc(C(F)(F)F)c1. The minimum absolute atomic E-state index is 0.141. The maximum Gasteiger partial charge on any atom is 0.416 e. The first-order chi connectivity index (χ1) is 17.4. The lowest BCUT2D eigenvalue weighted by Crippen LogP contribution is -2.08. The molecule has 0 spiro atoms. The minimum Gasteiger partial charge on any atom is -0.318 e. The number of ketones is 1. The van der Waals surface area contributed by atoms with Gasteiger partial charge in [-0.3, -0.25) is 4.79 Å². The third kappa shape index (κ3) is 4.73. The van der Waals surface area contributed by atoms with Crippen LogP contribution in [0.15, 0.2) is 66.2 Å². The Kier molecular flexibility index (Phi) is 6.66. The molecule has 0 N–H and O–H groups in total. The summed E-state index contributed by atoms with van der Waals surface area (Å²) >= 11 is 0. The Morgan fingerprint density at radius 3 is 2.22 bits per heavy atom. The van der Waals surface area contributed by atoms with E-state index < -0.39 is 23.3 Å². The molecule has 2 aromatic carbocycles. The number of hydrogen-bond acceptors (Lipinski definition) is 2. The number of Topliss-reactive ketones (excluding diaryl/α,β-unsaturated/α-hetero) is 1. The van der Waals surface area contributed by atoms with Crippen LogP contribution in [0, 0.1) is 44.8 Å². The van der Waals surface area contributed by atoms with E-state index >= 15 is 0 Å². The number of halogens is 4. The number of nitrogens with zero attached hydrogens (tertiary/aromatic N) is 3. The molecule has 4 aromatic rings. The Morgan fingerprint density at radius 2 is 1.57 bits per heavy atom. The van der Waals surface area contributed by atoms with Gasteiger partial charge >= 0.3 is 6.18 Å². The van der Waals surface area contributed by atoms with Crippen molar-refractivity contribution in [3.8, 4) is 17.4 Å². The number of hydrogen-bond donors (Lipinski definition) is 0. The Morgan fingerprint density at radius 1 is 0.892 bits per heavy atom. The predicted molar refractivity (Wildman–Crippen MR) is 133 cm³/mol. The number of carbonyl (C=O) groups is 1. The highest BCUT2D eigenvalue weighted by atomic mass is 19.4. The van der Waals surface area contributed by atoms with Gasteiger partial charge in [0.15, 0.2) is 0 Å². The van der Waals surface area contributed by atoms with Gasteiger partial charge in [-0.1, -0.05) is 18.2 Å². The first-order valence-electron chi connectivity index (χ1n) is 11.4. The fourth-order valence-corrected chi connectivity index (χ4v) is 4.60. The quantitative estimate of drug-likeness (QED) is 0.122. The summed E-state index contributed by atoms with van der Waals surface area (Å²) in [7, 11) is 0. The molecule has 0 fully saturated rings. The van der Waals surface area contributed by atoms with Crippen LogP contribution < -0.4 is 0 Å². The summed E-state index contributed by atoms with van der Waals surface area (Å²) in [6.45, 7) is 6.87. The number of carbonyl (C=O) groups excluding carboxylic acids is 1. The number of alkyl halides is 3. The molecule has 0 aliphatic heterocycles. The Labute approximate surface area is 211 Å². The highest BCUT2D eigenvalue weighted by Gasteiger charge is 2.31. The van der Waals surface area contributed by atoms with E-state index in [2.05, 4.69) is 0 Å². The van der Waals surface area contributed by atoms with Gasteiger partial charge < -0.3 is 9.13 Å². The largest absolute Gasteiger partial charge is 0.416 e. The summed E-state index contributed by atoms with van der Waals surface area (Å²) in [5, 5.41) is 9.82. The van der Waals surface area contributed by atoms with Gasteiger partial charge in [-0.05, 0) is 81.8 Å². The summed E-state index contributed by atoms with van der Waals surface area (Å²) in [6.07, 6.45) is -3.05. The number of rotatable bonds is 5. The summed E-state index contributed by atoms with van der Waals surface area (Å²) in [4.78, 5) is 13.4. The molecule has 0 radical (unpaired) electrons. The van der Waals surface area contributed by atoms with Crippen LogP contribution in [0.3, 0.4) is 0 Å². The number of aryl methyl sites for hydroxylation is 2. The van der Waals surface area contributed by atoms with Gasteiger partial charge in [-0.25, -0.2) is 4.39 Å². The Hall–Kier alpha value is -4.38. The fourth-order valence-electron chi connectivity index (χ4n) is 4.60. The molecule has 0 bridgehead atoms. The van der Waals surface area contributed by atoms with Crippen LogP contribution in [-0.4, -0.2) is 14.9 Å². The van der Waals surface area contributed by atoms with Crippen molar-refractivity contribution < 1.29 is 22.4 Å². The highest BCUT2D eigenvalue weighted by Crippen LogP contribution is 2.32. The Bertz CT molecular complexity index is 1600. The predicted octanol–water partition coefficient (Wildman–Crippen LogP) is 7.45. The summed E-state index contributed by atoms with van der Waals surface area (Å²) in [6, 6.07) is 16.4. The van der Waals surface area contributed by atoms with Crippen LogP contribution in [-0.2, 0) is 6.18 Å². The van der Waals surface area contributed by atoms with E-state index in [1.165, 1.54) is 24.3 Å². The van der Waals surface area contributed by atoms with Crippen molar-refractivity contribution in [1.29, 1.82) is 5.26 Å². The standard InChI is InChI=1S/C29H23F4N3O/c1-17-12-21(19(3)36(17)27-11-6-5-10-26(27)30)14-22(16-34)28(37)25-13-18(2)35(20(25)4)24-9-7-8-23(15-24)29(31,32)33/h5-15H,1-4H3/b22-14+. The number of para-hydroxylation sites is 1. The van der Waals surface area contributed by atoms with Crippen LogP contribution in [0.2, 0.25) is 0 Å². The van der Waals surface area contributed by atoms with Gasteiger partial charge in [0.1, 0.15) is 17.5 Å². The summed E-state index contributed by atoms with van der Waals surface area (Å²) < 4.78 is 57.4. The zero-order valence-electron chi connectivity index (χ0n) is 20.6. The average molecular weight is 506 g/mol. The van der Waals surface area contributed by atoms with E-state index in [9.17, 15) is 27.6 Å². The number of nitriles is 1. The second kappa shape index (κ2) is 9.58. The van der Waals surface area contributed by atoms with Crippen LogP contribution in [0.1, 0.15) is 44.3 Å².